The third-order valence-electron chi connectivity index (χ3n) is 3.35. The topological polar surface area (TPSA) is 48.0 Å². The number of aromatic nitrogens is 1. The summed E-state index contributed by atoms with van der Waals surface area (Å²) in [5.74, 6) is 0.00984. The number of fused-ring (bicyclic) bond motifs is 3. The summed E-state index contributed by atoms with van der Waals surface area (Å²) in [6.45, 7) is 0.936. The fraction of sp³-hybridized carbons (Fsp3) is 0.214. The number of carbonyl (C=O) groups excluding carboxylic acids is 1. The Bertz CT molecular complexity index is 584. The Morgan fingerprint density at radius 3 is 2.88 bits per heavy atom. The largest absolute Gasteiger partial charge is 0.338 e. The van der Waals surface area contributed by atoms with E-state index in [-0.39, 0.29) is 12.3 Å². The van der Waals surface area contributed by atoms with Crippen LogP contribution in [0.2, 0.25) is 0 Å². The normalized spacial score (nSPS) is 13.0. The van der Waals surface area contributed by atoms with Crippen molar-refractivity contribution in [3.8, 4) is 11.3 Å². The maximum atomic E-state index is 11.7. The molecule has 2 heterocycles. The van der Waals surface area contributed by atoms with E-state index in [4.69, 9.17) is 5.73 Å². The van der Waals surface area contributed by atoms with Crippen molar-refractivity contribution in [2.24, 2.45) is 5.73 Å². The van der Waals surface area contributed by atoms with E-state index in [0.717, 1.165) is 24.4 Å². The SMILES string of the molecule is NCC(=O)c1ccc2n1CCc1ccccc1-2. The summed E-state index contributed by atoms with van der Waals surface area (Å²) in [5, 5.41) is 0. The monoisotopic (exact) mass is 226 g/mol. The van der Waals surface area contributed by atoms with E-state index in [0.29, 0.717) is 0 Å². The highest BCUT2D eigenvalue weighted by molar-refractivity contribution is 5.97. The molecule has 3 rings (SSSR count). The molecule has 0 radical (unpaired) electrons. The quantitative estimate of drug-likeness (QED) is 0.794. The van der Waals surface area contributed by atoms with E-state index in [1.54, 1.807) is 0 Å². The van der Waals surface area contributed by atoms with Crippen LogP contribution in [0.5, 0.6) is 0 Å². The van der Waals surface area contributed by atoms with Gasteiger partial charge in [0.15, 0.2) is 5.78 Å². The molecule has 0 unspecified atom stereocenters. The molecule has 0 fully saturated rings. The van der Waals surface area contributed by atoms with Crippen LogP contribution in [-0.4, -0.2) is 16.9 Å². The Balaban J connectivity index is 2.16. The van der Waals surface area contributed by atoms with Crippen LogP contribution in [-0.2, 0) is 13.0 Å². The van der Waals surface area contributed by atoms with Gasteiger partial charge in [-0.3, -0.25) is 4.79 Å². The van der Waals surface area contributed by atoms with Gasteiger partial charge in [0, 0.05) is 17.8 Å². The van der Waals surface area contributed by atoms with E-state index < -0.39 is 0 Å². The number of Topliss-reactive ketones (excluding diaryl/α,β-unsaturated/α-hetero) is 1. The van der Waals surface area contributed by atoms with Crippen molar-refractivity contribution in [3.05, 3.63) is 47.7 Å². The van der Waals surface area contributed by atoms with Crippen molar-refractivity contribution < 1.29 is 4.79 Å². The fourth-order valence-electron chi connectivity index (χ4n) is 2.51. The molecule has 0 saturated carbocycles. The number of hydrogen-bond donors (Lipinski definition) is 1. The molecule has 3 heteroatoms. The molecule has 86 valence electrons. The molecule has 0 atom stereocenters. The van der Waals surface area contributed by atoms with E-state index >= 15 is 0 Å². The fourth-order valence-corrected chi connectivity index (χ4v) is 2.51. The van der Waals surface area contributed by atoms with Gasteiger partial charge >= 0.3 is 0 Å². The minimum absolute atomic E-state index is 0.00984. The highest BCUT2D eigenvalue weighted by atomic mass is 16.1. The molecule has 0 bridgehead atoms. The number of rotatable bonds is 2. The van der Waals surface area contributed by atoms with Crippen LogP contribution in [0.4, 0.5) is 0 Å². The molecule has 0 spiro atoms. The summed E-state index contributed by atoms with van der Waals surface area (Å²) in [4.78, 5) is 11.7. The number of ketones is 1. The maximum Gasteiger partial charge on any atom is 0.192 e. The molecular weight excluding hydrogens is 212 g/mol. The minimum Gasteiger partial charge on any atom is -0.338 e. The zero-order valence-corrected chi connectivity index (χ0v) is 9.52. The van der Waals surface area contributed by atoms with Crippen molar-refractivity contribution in [1.82, 2.24) is 4.57 Å². The number of benzene rings is 1. The van der Waals surface area contributed by atoms with Crippen LogP contribution in [0.25, 0.3) is 11.3 Å². The van der Waals surface area contributed by atoms with Crippen LogP contribution in [0.15, 0.2) is 36.4 Å². The molecule has 3 nitrogen and oxygen atoms in total. The first-order valence-electron chi connectivity index (χ1n) is 5.82. The van der Waals surface area contributed by atoms with Crippen molar-refractivity contribution >= 4 is 5.78 Å². The summed E-state index contributed by atoms with van der Waals surface area (Å²) >= 11 is 0. The van der Waals surface area contributed by atoms with Gasteiger partial charge in [-0.15, -0.1) is 0 Å². The summed E-state index contributed by atoms with van der Waals surface area (Å²) in [5.41, 5.74) is 9.87. The van der Waals surface area contributed by atoms with Crippen molar-refractivity contribution in [1.29, 1.82) is 0 Å². The zero-order chi connectivity index (χ0) is 11.8. The molecule has 1 aliphatic heterocycles. The van der Waals surface area contributed by atoms with Gasteiger partial charge in [0.1, 0.15) is 0 Å². The Hall–Kier alpha value is -1.87. The van der Waals surface area contributed by atoms with Crippen molar-refractivity contribution in [3.63, 3.8) is 0 Å². The molecule has 0 aliphatic carbocycles. The van der Waals surface area contributed by atoms with Crippen LogP contribution >= 0.6 is 0 Å². The Kier molecular flexibility index (Phi) is 2.34. The van der Waals surface area contributed by atoms with Crippen LogP contribution in [0.3, 0.4) is 0 Å². The van der Waals surface area contributed by atoms with Gasteiger partial charge in [-0.05, 0) is 24.1 Å². The number of nitrogens with two attached hydrogens (primary N) is 1. The van der Waals surface area contributed by atoms with Crippen LogP contribution < -0.4 is 5.73 Å². The first-order chi connectivity index (χ1) is 8.31. The summed E-state index contributed by atoms with van der Waals surface area (Å²) in [7, 11) is 0. The lowest BCUT2D eigenvalue weighted by Gasteiger charge is -2.20. The summed E-state index contributed by atoms with van der Waals surface area (Å²) < 4.78 is 2.08. The zero-order valence-electron chi connectivity index (χ0n) is 9.52. The summed E-state index contributed by atoms with van der Waals surface area (Å²) in [6.07, 6.45) is 0.975. The lowest BCUT2D eigenvalue weighted by Crippen LogP contribution is -2.20. The molecule has 2 aromatic rings. The van der Waals surface area contributed by atoms with Crippen molar-refractivity contribution in [2.75, 3.05) is 6.54 Å². The Morgan fingerprint density at radius 2 is 2.06 bits per heavy atom. The van der Waals surface area contributed by atoms with Crippen molar-refractivity contribution in [2.45, 2.75) is 13.0 Å². The highest BCUT2D eigenvalue weighted by Crippen LogP contribution is 2.31. The first kappa shape index (κ1) is 10.3. The number of nitrogens with zero attached hydrogens (tertiary/aromatic N) is 1. The van der Waals surface area contributed by atoms with Gasteiger partial charge in [0.25, 0.3) is 0 Å². The van der Waals surface area contributed by atoms with E-state index in [1.165, 1.54) is 11.1 Å². The second-order valence-electron chi connectivity index (χ2n) is 4.29. The highest BCUT2D eigenvalue weighted by Gasteiger charge is 2.20. The van der Waals surface area contributed by atoms with Gasteiger partial charge < -0.3 is 10.3 Å². The Morgan fingerprint density at radius 1 is 1.24 bits per heavy atom. The molecular formula is C14H14N2O. The number of aryl methyl sites for hydroxylation is 1. The molecule has 2 N–H and O–H groups in total. The second kappa shape index (κ2) is 3.86. The molecule has 1 aliphatic rings. The molecule has 0 amide bonds. The predicted molar refractivity (Wildman–Crippen MR) is 67.0 cm³/mol. The first-order valence-corrected chi connectivity index (χ1v) is 5.82. The van der Waals surface area contributed by atoms with Gasteiger partial charge in [0.2, 0.25) is 0 Å². The van der Waals surface area contributed by atoms with Gasteiger partial charge in [-0.25, -0.2) is 0 Å². The maximum absolute atomic E-state index is 11.7. The molecule has 1 aromatic carbocycles. The minimum atomic E-state index is 0.00984. The lowest BCUT2D eigenvalue weighted by atomic mass is 9.99. The van der Waals surface area contributed by atoms with Crippen LogP contribution in [0, 0.1) is 0 Å². The molecule has 17 heavy (non-hydrogen) atoms. The van der Waals surface area contributed by atoms with E-state index in [1.807, 2.05) is 18.2 Å². The smallest absolute Gasteiger partial charge is 0.192 e. The second-order valence-corrected chi connectivity index (χ2v) is 4.29. The van der Waals surface area contributed by atoms with Crippen LogP contribution in [0.1, 0.15) is 16.1 Å². The number of hydrogen-bond acceptors (Lipinski definition) is 2. The van der Waals surface area contributed by atoms with Gasteiger partial charge in [-0.2, -0.15) is 0 Å². The standard InChI is InChI=1S/C14H14N2O/c15-9-14(17)13-6-5-12-11-4-2-1-3-10(11)7-8-16(12)13/h1-6H,7-9,15H2. The third-order valence-corrected chi connectivity index (χ3v) is 3.35. The molecule has 1 aromatic heterocycles. The molecule has 0 saturated heterocycles. The number of carbonyl (C=O) groups is 1. The van der Waals surface area contributed by atoms with Gasteiger partial charge in [0.05, 0.1) is 12.2 Å². The van der Waals surface area contributed by atoms with E-state index in [2.05, 4.69) is 22.8 Å². The Labute approximate surface area is 99.9 Å². The van der Waals surface area contributed by atoms with Gasteiger partial charge in [-0.1, -0.05) is 24.3 Å². The predicted octanol–water partition coefficient (Wildman–Crippen LogP) is 1.85. The lowest BCUT2D eigenvalue weighted by molar-refractivity contribution is 0.0992. The summed E-state index contributed by atoms with van der Waals surface area (Å²) in [6, 6.07) is 12.2. The third kappa shape index (κ3) is 1.51. The van der Waals surface area contributed by atoms with E-state index in [9.17, 15) is 4.79 Å². The average Bonchev–Trinajstić information content (AvgIpc) is 2.82. The average molecular weight is 226 g/mol.